The zero-order valence-corrected chi connectivity index (χ0v) is 8.31. The first-order chi connectivity index (χ1) is 5.46. The Kier molecular flexibility index (Phi) is 2.28. The van der Waals surface area contributed by atoms with Gasteiger partial charge in [-0.1, -0.05) is 0 Å². The van der Waals surface area contributed by atoms with Gasteiger partial charge >= 0.3 is 0 Å². The maximum absolute atomic E-state index is 9.37. The quantitative estimate of drug-likeness (QED) is 0.276. The van der Waals surface area contributed by atoms with Crippen LogP contribution in [-0.2, 0) is 0 Å². The van der Waals surface area contributed by atoms with E-state index < -0.39 is 0 Å². The second-order valence-corrected chi connectivity index (χ2v) is 3.40. The van der Waals surface area contributed by atoms with Crippen LogP contribution in [0.2, 0.25) is 0 Å². The highest BCUT2D eigenvalue weighted by Gasteiger charge is 2.15. The van der Waals surface area contributed by atoms with Crippen molar-refractivity contribution in [2.45, 2.75) is 0 Å². The number of aromatic hydroxyl groups is 3. The number of halogens is 1. The van der Waals surface area contributed by atoms with Crippen LogP contribution >= 0.6 is 15.9 Å². The molecule has 0 aliphatic rings. The molecule has 0 heterocycles. The van der Waals surface area contributed by atoms with Crippen LogP contribution in [0, 0.1) is 0 Å². The molecule has 12 heavy (non-hydrogen) atoms. The lowest BCUT2D eigenvalue weighted by atomic mass is 9.86. The van der Waals surface area contributed by atoms with Crippen LogP contribution in [0.25, 0.3) is 0 Å². The van der Waals surface area contributed by atoms with E-state index in [0.29, 0.717) is 9.94 Å². The minimum atomic E-state index is -0.270. The minimum Gasteiger partial charge on any atom is -0.507 e. The van der Waals surface area contributed by atoms with Gasteiger partial charge in [0, 0.05) is 0 Å². The van der Waals surface area contributed by atoms with E-state index in [9.17, 15) is 15.3 Å². The summed E-state index contributed by atoms with van der Waals surface area (Å²) < 4.78 is 0.412. The van der Waals surface area contributed by atoms with Gasteiger partial charge in [0.25, 0.3) is 0 Å². The van der Waals surface area contributed by atoms with Gasteiger partial charge in [0.1, 0.15) is 21.4 Å². The van der Waals surface area contributed by atoms with Gasteiger partial charge in [-0.05, 0) is 26.9 Å². The lowest BCUT2D eigenvalue weighted by Gasteiger charge is -2.10. The molecule has 0 atom stereocenters. The molecule has 0 saturated heterocycles. The van der Waals surface area contributed by atoms with E-state index in [-0.39, 0.29) is 22.7 Å². The molecule has 0 amide bonds. The molecule has 0 bridgehead atoms. The van der Waals surface area contributed by atoms with Crippen LogP contribution in [0.3, 0.4) is 0 Å². The summed E-state index contributed by atoms with van der Waals surface area (Å²) in [6, 6.07) is 0. The fraction of sp³-hybridized carbons (Fsp3) is 0. The summed E-state index contributed by atoms with van der Waals surface area (Å²) in [6.07, 6.45) is 0. The van der Waals surface area contributed by atoms with Crippen molar-refractivity contribution in [2.24, 2.45) is 0 Å². The molecule has 1 aromatic rings. The molecule has 0 spiro atoms. The predicted octanol–water partition coefficient (Wildman–Crippen LogP) is -1.92. The first-order valence-electron chi connectivity index (χ1n) is 3.36. The minimum absolute atomic E-state index is 0.0391. The highest BCUT2D eigenvalue weighted by molar-refractivity contribution is 9.10. The van der Waals surface area contributed by atoms with Crippen LogP contribution < -0.4 is 10.9 Å². The summed E-state index contributed by atoms with van der Waals surface area (Å²) in [5.41, 5.74) is 0.695. The van der Waals surface area contributed by atoms with Gasteiger partial charge in [-0.3, -0.25) is 0 Å². The smallest absolute Gasteiger partial charge is 0.154 e. The Morgan fingerprint density at radius 2 is 1.25 bits per heavy atom. The SMILES string of the molecule is Bc1c(O)c(O)c(B)c(Br)c1O. The summed E-state index contributed by atoms with van der Waals surface area (Å²) in [5, 5.41) is 27.9. The Bertz CT molecular complexity index is 235. The fourth-order valence-electron chi connectivity index (χ4n) is 0.914. The van der Waals surface area contributed by atoms with Crippen molar-refractivity contribution in [3.8, 4) is 17.2 Å². The largest absolute Gasteiger partial charge is 0.507 e. The number of benzene rings is 1. The molecule has 0 aliphatic heterocycles. The molecule has 0 unspecified atom stereocenters. The third-order valence-electron chi connectivity index (χ3n) is 1.83. The van der Waals surface area contributed by atoms with Gasteiger partial charge in [0.2, 0.25) is 0 Å². The van der Waals surface area contributed by atoms with Crippen LogP contribution in [-0.4, -0.2) is 31.0 Å². The molecule has 62 valence electrons. The Morgan fingerprint density at radius 3 is 1.75 bits per heavy atom. The van der Waals surface area contributed by atoms with E-state index in [1.54, 1.807) is 7.85 Å². The van der Waals surface area contributed by atoms with Gasteiger partial charge in [-0.15, -0.1) is 0 Å². The van der Waals surface area contributed by atoms with E-state index in [1.807, 2.05) is 0 Å². The molecule has 1 rings (SSSR count). The number of hydrogen-bond acceptors (Lipinski definition) is 3. The normalized spacial score (nSPS) is 10.1. The second kappa shape index (κ2) is 2.94. The first-order valence-corrected chi connectivity index (χ1v) is 4.15. The third kappa shape index (κ3) is 1.16. The van der Waals surface area contributed by atoms with Gasteiger partial charge < -0.3 is 15.3 Å². The van der Waals surface area contributed by atoms with Gasteiger partial charge in [-0.25, -0.2) is 0 Å². The summed E-state index contributed by atoms with van der Waals surface area (Å²) in [5.74, 6) is -0.506. The highest BCUT2D eigenvalue weighted by atomic mass is 79.9. The zero-order chi connectivity index (χ0) is 9.46. The van der Waals surface area contributed by atoms with Crippen molar-refractivity contribution in [2.75, 3.05) is 0 Å². The monoisotopic (exact) mass is 228 g/mol. The molecule has 1 aromatic carbocycles. The number of phenols is 3. The Labute approximate surface area is 80.0 Å². The Balaban J connectivity index is 3.60. The fourth-order valence-corrected chi connectivity index (χ4v) is 1.40. The topological polar surface area (TPSA) is 60.7 Å². The molecule has 0 aromatic heterocycles. The second-order valence-electron chi connectivity index (χ2n) is 2.61. The van der Waals surface area contributed by atoms with Crippen molar-refractivity contribution < 1.29 is 15.3 Å². The van der Waals surface area contributed by atoms with E-state index in [2.05, 4.69) is 15.9 Å². The zero-order valence-electron chi connectivity index (χ0n) is 6.72. The maximum Gasteiger partial charge on any atom is 0.154 e. The number of hydrogen-bond donors (Lipinski definition) is 3. The molecule has 3 nitrogen and oxygen atoms in total. The summed E-state index contributed by atoms with van der Waals surface area (Å²) in [4.78, 5) is 0. The summed E-state index contributed by atoms with van der Waals surface area (Å²) in [7, 11) is 3.12. The van der Waals surface area contributed by atoms with Crippen LogP contribution in [0.1, 0.15) is 0 Å². The average molecular weight is 229 g/mol. The highest BCUT2D eigenvalue weighted by Crippen LogP contribution is 2.29. The van der Waals surface area contributed by atoms with Gasteiger partial charge in [0.15, 0.2) is 11.5 Å². The number of rotatable bonds is 0. The van der Waals surface area contributed by atoms with Crippen molar-refractivity contribution >= 4 is 42.5 Å². The van der Waals surface area contributed by atoms with E-state index in [0.717, 1.165) is 0 Å². The van der Waals surface area contributed by atoms with Gasteiger partial charge in [0.05, 0.1) is 4.47 Å². The van der Waals surface area contributed by atoms with E-state index in [4.69, 9.17) is 0 Å². The molecule has 0 radical (unpaired) electrons. The maximum atomic E-state index is 9.37. The third-order valence-corrected chi connectivity index (χ3v) is 2.80. The van der Waals surface area contributed by atoms with Crippen molar-refractivity contribution in [3.63, 3.8) is 0 Å². The van der Waals surface area contributed by atoms with Crippen molar-refractivity contribution in [1.82, 2.24) is 0 Å². The molecule has 3 N–H and O–H groups in total. The van der Waals surface area contributed by atoms with E-state index >= 15 is 0 Å². The van der Waals surface area contributed by atoms with Crippen molar-refractivity contribution in [3.05, 3.63) is 4.47 Å². The van der Waals surface area contributed by atoms with Crippen molar-refractivity contribution in [1.29, 1.82) is 0 Å². The molecule has 6 heteroatoms. The molecule has 0 aliphatic carbocycles. The Hall–Kier alpha value is -0.770. The molecular weight excluding hydrogens is 222 g/mol. The predicted molar refractivity (Wildman–Crippen MR) is 55.5 cm³/mol. The standard InChI is InChI=1S/C6H7B2BrO3/c7-1-3(9)4(10)2(8)6(12)5(1)11/h10-12H,7-8H2. The lowest BCUT2D eigenvalue weighted by Crippen LogP contribution is -2.14. The first kappa shape index (κ1) is 9.32. The van der Waals surface area contributed by atoms with Crippen LogP contribution in [0.5, 0.6) is 17.2 Å². The van der Waals surface area contributed by atoms with Gasteiger partial charge in [-0.2, -0.15) is 0 Å². The average Bonchev–Trinajstić information content (AvgIpc) is 2.08. The summed E-state index contributed by atoms with van der Waals surface area (Å²) in [6.45, 7) is 0. The molecule has 0 saturated carbocycles. The summed E-state index contributed by atoms with van der Waals surface area (Å²) >= 11 is 3.09. The molecule has 0 fully saturated rings. The van der Waals surface area contributed by atoms with Crippen LogP contribution in [0.15, 0.2) is 4.47 Å². The molecular formula is C6H7B2BrO3. The van der Waals surface area contributed by atoms with Crippen LogP contribution in [0.4, 0.5) is 0 Å². The van der Waals surface area contributed by atoms with E-state index in [1.165, 1.54) is 7.85 Å². The number of phenolic OH excluding ortho intramolecular Hbond substituents is 3. The Morgan fingerprint density at radius 1 is 0.833 bits per heavy atom. The lowest BCUT2D eigenvalue weighted by molar-refractivity contribution is 0.403.